The Morgan fingerprint density at radius 2 is 1.64 bits per heavy atom. The van der Waals surface area contributed by atoms with Crippen molar-refractivity contribution in [2.24, 2.45) is 0 Å². The number of methoxy groups -OCH3 is 1. The quantitative estimate of drug-likeness (QED) is 0.695. The number of alkyl halides is 3. The van der Waals surface area contributed by atoms with Crippen LogP contribution >= 0.6 is 11.6 Å². The van der Waals surface area contributed by atoms with Gasteiger partial charge in [0.1, 0.15) is 5.75 Å². The van der Waals surface area contributed by atoms with Crippen molar-refractivity contribution in [2.75, 3.05) is 7.11 Å². The fraction of sp³-hybridized carbons (Fsp3) is 0.294. The van der Waals surface area contributed by atoms with Crippen molar-refractivity contribution in [2.45, 2.75) is 25.4 Å². The molecular weight excluding hydrogens is 313 g/mol. The summed E-state index contributed by atoms with van der Waals surface area (Å²) in [5.41, 5.74) is 2.14. The van der Waals surface area contributed by atoms with Crippen molar-refractivity contribution in [3.63, 3.8) is 0 Å². The molecule has 22 heavy (non-hydrogen) atoms. The molecule has 0 N–H and O–H groups in total. The lowest BCUT2D eigenvalue weighted by Gasteiger charge is -2.20. The predicted molar refractivity (Wildman–Crippen MR) is 81.7 cm³/mol. The second kappa shape index (κ2) is 6.61. The molecule has 1 nitrogen and oxygen atoms in total. The molecule has 0 radical (unpaired) electrons. The van der Waals surface area contributed by atoms with Crippen LogP contribution in [0.1, 0.15) is 29.0 Å². The molecule has 0 aliphatic heterocycles. The van der Waals surface area contributed by atoms with Gasteiger partial charge < -0.3 is 4.74 Å². The summed E-state index contributed by atoms with van der Waals surface area (Å²) >= 11 is 6.05. The highest BCUT2D eigenvalue weighted by atomic mass is 35.5. The standard InChI is InChI=1S/C17H16ClF3O/c1-11-3-5-12(6-4-11)14(10-17(19,20)21)13-7-8-16(22-2)15(18)9-13/h3-9,14H,10H2,1-2H3. The highest BCUT2D eigenvalue weighted by Gasteiger charge is 2.33. The molecule has 0 aromatic heterocycles. The van der Waals surface area contributed by atoms with Crippen LogP contribution in [0.25, 0.3) is 0 Å². The number of ether oxygens (including phenoxy) is 1. The Hall–Kier alpha value is -1.68. The van der Waals surface area contributed by atoms with Crippen molar-refractivity contribution in [1.82, 2.24) is 0 Å². The van der Waals surface area contributed by atoms with Crippen molar-refractivity contribution in [1.29, 1.82) is 0 Å². The maximum absolute atomic E-state index is 12.9. The summed E-state index contributed by atoms with van der Waals surface area (Å²) in [4.78, 5) is 0. The Bertz CT molecular complexity index is 635. The van der Waals surface area contributed by atoms with Gasteiger partial charge in [0, 0.05) is 5.92 Å². The summed E-state index contributed by atoms with van der Waals surface area (Å²) in [6, 6.07) is 11.8. The predicted octanol–water partition coefficient (Wildman–Crippen LogP) is 5.74. The SMILES string of the molecule is COc1ccc(C(CC(F)(F)F)c2ccc(C)cc2)cc1Cl. The average molecular weight is 329 g/mol. The fourth-order valence-corrected chi connectivity index (χ4v) is 2.62. The monoisotopic (exact) mass is 328 g/mol. The summed E-state index contributed by atoms with van der Waals surface area (Å²) in [5, 5.41) is 0.305. The van der Waals surface area contributed by atoms with Gasteiger partial charge in [0.15, 0.2) is 0 Å². The largest absolute Gasteiger partial charge is 0.495 e. The summed E-state index contributed by atoms with van der Waals surface area (Å²) in [6.45, 7) is 1.90. The van der Waals surface area contributed by atoms with Gasteiger partial charge in [0.25, 0.3) is 0 Å². The van der Waals surface area contributed by atoms with E-state index in [1.165, 1.54) is 13.2 Å². The van der Waals surface area contributed by atoms with Crippen LogP contribution in [-0.4, -0.2) is 13.3 Å². The zero-order valence-corrected chi connectivity index (χ0v) is 13.0. The van der Waals surface area contributed by atoms with Crippen LogP contribution in [0.5, 0.6) is 5.75 Å². The third kappa shape index (κ3) is 4.17. The van der Waals surface area contributed by atoms with Crippen LogP contribution in [0.2, 0.25) is 5.02 Å². The van der Waals surface area contributed by atoms with Gasteiger partial charge in [-0.25, -0.2) is 0 Å². The number of benzene rings is 2. The van der Waals surface area contributed by atoms with Gasteiger partial charge in [-0.3, -0.25) is 0 Å². The first-order valence-electron chi connectivity index (χ1n) is 6.77. The van der Waals surface area contributed by atoms with Gasteiger partial charge in [-0.1, -0.05) is 47.5 Å². The lowest BCUT2D eigenvalue weighted by atomic mass is 9.88. The summed E-state index contributed by atoms with van der Waals surface area (Å²) in [6.07, 6.45) is -5.19. The molecule has 0 spiro atoms. The third-order valence-electron chi connectivity index (χ3n) is 3.49. The molecule has 1 unspecified atom stereocenters. The molecule has 0 saturated carbocycles. The van der Waals surface area contributed by atoms with E-state index in [-0.39, 0.29) is 0 Å². The topological polar surface area (TPSA) is 9.23 Å². The first-order valence-corrected chi connectivity index (χ1v) is 7.14. The molecular formula is C17H16ClF3O. The van der Waals surface area contributed by atoms with E-state index in [4.69, 9.17) is 16.3 Å². The minimum Gasteiger partial charge on any atom is -0.495 e. The van der Waals surface area contributed by atoms with Crippen molar-refractivity contribution in [3.8, 4) is 5.75 Å². The smallest absolute Gasteiger partial charge is 0.390 e. The van der Waals surface area contributed by atoms with E-state index in [2.05, 4.69) is 0 Å². The van der Waals surface area contributed by atoms with Gasteiger partial charge in [-0.15, -0.1) is 0 Å². The second-order valence-electron chi connectivity index (χ2n) is 5.18. The van der Waals surface area contributed by atoms with Crippen LogP contribution < -0.4 is 4.74 Å². The second-order valence-corrected chi connectivity index (χ2v) is 5.58. The number of hydrogen-bond acceptors (Lipinski definition) is 1. The lowest BCUT2D eigenvalue weighted by molar-refractivity contribution is -0.136. The van der Waals surface area contributed by atoms with Gasteiger partial charge in [-0.2, -0.15) is 13.2 Å². The third-order valence-corrected chi connectivity index (χ3v) is 3.79. The van der Waals surface area contributed by atoms with E-state index in [0.29, 0.717) is 21.9 Å². The van der Waals surface area contributed by atoms with Gasteiger partial charge >= 0.3 is 6.18 Å². The Morgan fingerprint density at radius 3 is 2.14 bits per heavy atom. The number of hydrogen-bond donors (Lipinski definition) is 0. The lowest BCUT2D eigenvalue weighted by Crippen LogP contribution is -2.15. The van der Waals surface area contributed by atoms with E-state index in [0.717, 1.165) is 5.56 Å². The zero-order chi connectivity index (χ0) is 16.3. The summed E-state index contributed by atoms with van der Waals surface area (Å²) in [7, 11) is 1.47. The number of rotatable bonds is 4. The van der Waals surface area contributed by atoms with Gasteiger partial charge in [-0.05, 0) is 30.2 Å². The molecule has 0 bridgehead atoms. The van der Waals surface area contributed by atoms with E-state index in [9.17, 15) is 13.2 Å². The van der Waals surface area contributed by atoms with E-state index >= 15 is 0 Å². The highest BCUT2D eigenvalue weighted by molar-refractivity contribution is 6.32. The highest BCUT2D eigenvalue weighted by Crippen LogP contribution is 2.38. The Labute approximate surface area is 132 Å². The van der Waals surface area contributed by atoms with E-state index in [1.807, 2.05) is 19.1 Å². The molecule has 2 rings (SSSR count). The first-order chi connectivity index (χ1) is 10.3. The van der Waals surface area contributed by atoms with E-state index in [1.54, 1.807) is 24.3 Å². The molecule has 1 atom stereocenters. The molecule has 0 heterocycles. The van der Waals surface area contributed by atoms with Crippen LogP contribution in [0.15, 0.2) is 42.5 Å². The van der Waals surface area contributed by atoms with Crippen LogP contribution in [0, 0.1) is 6.92 Å². The maximum Gasteiger partial charge on any atom is 0.390 e. The molecule has 0 fully saturated rings. The molecule has 2 aromatic carbocycles. The summed E-state index contributed by atoms with van der Waals surface area (Å²) in [5.74, 6) is -0.343. The van der Waals surface area contributed by atoms with Gasteiger partial charge in [0.2, 0.25) is 0 Å². The molecule has 0 aliphatic carbocycles. The van der Waals surface area contributed by atoms with Crippen molar-refractivity contribution >= 4 is 11.6 Å². The zero-order valence-electron chi connectivity index (χ0n) is 12.2. The number of aryl methyl sites for hydroxylation is 1. The molecule has 5 heteroatoms. The molecule has 2 aromatic rings. The maximum atomic E-state index is 12.9. The van der Waals surface area contributed by atoms with Crippen LogP contribution in [0.4, 0.5) is 13.2 Å². The van der Waals surface area contributed by atoms with Crippen LogP contribution in [0.3, 0.4) is 0 Å². The van der Waals surface area contributed by atoms with Crippen molar-refractivity contribution in [3.05, 3.63) is 64.2 Å². The Kier molecular flexibility index (Phi) is 5.01. The summed E-state index contributed by atoms with van der Waals surface area (Å²) < 4.78 is 43.9. The molecule has 0 aliphatic rings. The first kappa shape index (κ1) is 16.7. The van der Waals surface area contributed by atoms with Gasteiger partial charge in [0.05, 0.1) is 18.6 Å². The molecule has 118 valence electrons. The molecule has 0 saturated heterocycles. The van der Waals surface area contributed by atoms with E-state index < -0.39 is 18.5 Å². The van der Waals surface area contributed by atoms with Crippen molar-refractivity contribution < 1.29 is 17.9 Å². The van der Waals surface area contributed by atoms with Crippen LogP contribution in [-0.2, 0) is 0 Å². The Morgan fingerprint density at radius 1 is 1.05 bits per heavy atom. The molecule has 0 amide bonds. The Balaban J connectivity index is 2.44. The normalized spacial score (nSPS) is 13.0. The fourth-order valence-electron chi connectivity index (χ4n) is 2.36. The average Bonchev–Trinajstić information content (AvgIpc) is 2.45. The minimum atomic E-state index is -4.26. The minimum absolute atomic E-state index is 0.305. The number of halogens is 4.